The molecule has 0 fully saturated rings. The van der Waals surface area contributed by atoms with Gasteiger partial charge in [0.15, 0.2) is 0 Å². The van der Waals surface area contributed by atoms with E-state index in [9.17, 15) is 26.3 Å². The Kier molecular flexibility index (Phi) is 3.36. The molecule has 0 spiro atoms. The average Bonchev–Trinajstić information content (AvgIpc) is 1.81. The fourth-order valence-corrected chi connectivity index (χ4v) is 1.56. The van der Waals surface area contributed by atoms with Crippen molar-refractivity contribution in [2.45, 2.75) is 31.0 Å². The quantitative estimate of drug-likeness (QED) is 0.396. The lowest BCUT2D eigenvalue weighted by Gasteiger charge is -2.29. The van der Waals surface area contributed by atoms with Gasteiger partial charge in [-0.1, -0.05) is 13.1 Å². The molecule has 0 saturated heterocycles. The van der Waals surface area contributed by atoms with Crippen LogP contribution in [-0.4, -0.2) is 25.3 Å². The Morgan fingerprint density at radius 1 is 1.08 bits per heavy atom. The highest BCUT2D eigenvalue weighted by atomic mass is 35.6. The standard InChI is InChI=1S/C5H7ClF6Si/c1-13(2,6)5(11,12)3(7)4(8,9)10/h3H,1-2H3. The highest BCUT2D eigenvalue weighted by molar-refractivity contribution is 7.20. The second-order valence-corrected chi connectivity index (χ2v) is 9.45. The van der Waals surface area contributed by atoms with E-state index in [1.54, 1.807) is 0 Å². The van der Waals surface area contributed by atoms with Gasteiger partial charge >= 0.3 is 6.18 Å². The van der Waals surface area contributed by atoms with Crippen LogP contribution in [0.3, 0.4) is 0 Å². The van der Waals surface area contributed by atoms with Gasteiger partial charge in [-0.15, -0.1) is 0 Å². The van der Waals surface area contributed by atoms with Gasteiger partial charge in [0.1, 0.15) is 0 Å². The molecule has 0 aromatic rings. The number of hydrogen-bond acceptors (Lipinski definition) is 0. The van der Waals surface area contributed by atoms with Gasteiger partial charge in [-0.05, 0) is 0 Å². The first-order valence-electron chi connectivity index (χ1n) is 3.18. The maximum atomic E-state index is 12.7. The average molecular weight is 245 g/mol. The maximum absolute atomic E-state index is 12.7. The Hall–Kier alpha value is 0.0869. The summed E-state index contributed by atoms with van der Waals surface area (Å²) in [6.07, 6.45) is -9.75. The highest BCUT2D eigenvalue weighted by Gasteiger charge is 2.64. The van der Waals surface area contributed by atoms with Crippen LogP contribution in [0.2, 0.25) is 13.1 Å². The zero-order valence-electron chi connectivity index (χ0n) is 6.72. The van der Waals surface area contributed by atoms with E-state index in [0.717, 1.165) is 13.1 Å². The van der Waals surface area contributed by atoms with Crippen LogP contribution in [0.5, 0.6) is 0 Å². The minimum Gasteiger partial charge on any atom is -0.231 e. The molecule has 1 unspecified atom stereocenters. The molecule has 8 heteroatoms. The third kappa shape index (κ3) is 2.77. The first kappa shape index (κ1) is 13.1. The molecular weight excluding hydrogens is 238 g/mol. The molecule has 80 valence electrons. The Morgan fingerprint density at radius 2 is 1.38 bits per heavy atom. The van der Waals surface area contributed by atoms with Crippen LogP contribution in [0, 0.1) is 0 Å². The smallest absolute Gasteiger partial charge is 0.231 e. The van der Waals surface area contributed by atoms with E-state index in [0.29, 0.717) is 0 Å². The fraction of sp³-hybridized carbons (Fsp3) is 1.00. The maximum Gasteiger partial charge on any atom is 0.425 e. The Morgan fingerprint density at radius 3 is 1.46 bits per heavy atom. The molecular formula is C5H7ClF6Si. The topological polar surface area (TPSA) is 0 Å². The fourth-order valence-electron chi connectivity index (χ4n) is 0.507. The van der Waals surface area contributed by atoms with Gasteiger partial charge in [-0.2, -0.15) is 24.3 Å². The van der Waals surface area contributed by atoms with E-state index in [4.69, 9.17) is 11.1 Å². The van der Waals surface area contributed by atoms with Crippen LogP contribution >= 0.6 is 11.1 Å². The summed E-state index contributed by atoms with van der Waals surface area (Å²) in [5, 5.41) is 0. The number of hydrogen-bond donors (Lipinski definition) is 0. The van der Waals surface area contributed by atoms with Crippen molar-refractivity contribution in [1.29, 1.82) is 0 Å². The number of alkyl halides is 6. The van der Waals surface area contributed by atoms with Crippen molar-refractivity contribution < 1.29 is 26.3 Å². The SMILES string of the molecule is C[Si](C)(Cl)C(F)(F)C(F)C(F)(F)F. The van der Waals surface area contributed by atoms with Crippen LogP contribution in [-0.2, 0) is 0 Å². The summed E-state index contributed by atoms with van der Waals surface area (Å²) in [4.78, 5) is 0. The molecule has 0 heterocycles. The molecule has 0 aromatic carbocycles. The van der Waals surface area contributed by atoms with E-state index in [1.165, 1.54) is 0 Å². The second kappa shape index (κ2) is 3.34. The summed E-state index contributed by atoms with van der Waals surface area (Å²) in [6.45, 7) is 1.51. The molecule has 0 rings (SSSR count). The lowest BCUT2D eigenvalue weighted by Crippen LogP contribution is -2.55. The van der Waals surface area contributed by atoms with Gasteiger partial charge in [0.05, 0.1) is 0 Å². The zero-order valence-corrected chi connectivity index (χ0v) is 8.48. The predicted molar refractivity (Wildman–Crippen MR) is 39.2 cm³/mol. The van der Waals surface area contributed by atoms with Gasteiger partial charge in [0.25, 0.3) is 11.7 Å². The van der Waals surface area contributed by atoms with Crippen molar-refractivity contribution in [1.82, 2.24) is 0 Å². The molecule has 0 aliphatic heterocycles. The lowest BCUT2D eigenvalue weighted by atomic mass is 10.4. The first-order chi connectivity index (χ1) is 5.40. The number of rotatable bonds is 2. The van der Waals surface area contributed by atoms with E-state index in [2.05, 4.69) is 0 Å². The monoisotopic (exact) mass is 244 g/mol. The molecule has 1 atom stereocenters. The van der Waals surface area contributed by atoms with Crippen molar-refractivity contribution >= 4 is 18.5 Å². The predicted octanol–water partition coefficient (Wildman–Crippen LogP) is 3.51. The second-order valence-electron chi connectivity index (χ2n) is 3.00. The van der Waals surface area contributed by atoms with E-state index >= 15 is 0 Å². The van der Waals surface area contributed by atoms with Gasteiger partial charge in [0, 0.05) is 0 Å². The van der Waals surface area contributed by atoms with Gasteiger partial charge < -0.3 is 0 Å². The van der Waals surface area contributed by atoms with Crippen molar-refractivity contribution in [2.75, 3.05) is 0 Å². The third-order valence-corrected chi connectivity index (χ3v) is 3.99. The summed E-state index contributed by atoms with van der Waals surface area (Å²) >= 11 is 5.07. The molecule has 0 N–H and O–H groups in total. The van der Waals surface area contributed by atoms with Crippen molar-refractivity contribution in [2.24, 2.45) is 0 Å². The summed E-state index contributed by atoms with van der Waals surface area (Å²) < 4.78 is 72.3. The van der Waals surface area contributed by atoms with E-state index < -0.39 is 25.3 Å². The molecule has 0 bridgehead atoms. The molecule has 0 nitrogen and oxygen atoms in total. The van der Waals surface area contributed by atoms with E-state index in [-0.39, 0.29) is 0 Å². The van der Waals surface area contributed by atoms with Crippen LogP contribution < -0.4 is 0 Å². The van der Waals surface area contributed by atoms with Crippen molar-refractivity contribution in [3.8, 4) is 0 Å². The van der Waals surface area contributed by atoms with E-state index in [1.807, 2.05) is 0 Å². The third-order valence-electron chi connectivity index (χ3n) is 1.40. The lowest BCUT2D eigenvalue weighted by molar-refractivity contribution is -0.224. The molecule has 0 radical (unpaired) electrons. The minimum absolute atomic E-state index is 0.757. The summed E-state index contributed by atoms with van der Waals surface area (Å²) in [5.74, 6) is 0. The molecule has 0 saturated carbocycles. The molecule has 0 aliphatic carbocycles. The van der Waals surface area contributed by atoms with Gasteiger partial charge in [-0.3, -0.25) is 0 Å². The normalized spacial score (nSPS) is 17.3. The van der Waals surface area contributed by atoms with Crippen LogP contribution in [0.15, 0.2) is 0 Å². The van der Waals surface area contributed by atoms with Crippen LogP contribution in [0.25, 0.3) is 0 Å². The Bertz CT molecular complexity index is 182. The molecule has 13 heavy (non-hydrogen) atoms. The van der Waals surface area contributed by atoms with Crippen LogP contribution in [0.4, 0.5) is 26.3 Å². The van der Waals surface area contributed by atoms with Crippen molar-refractivity contribution in [3.05, 3.63) is 0 Å². The summed E-state index contributed by atoms with van der Waals surface area (Å²) in [7, 11) is -4.01. The van der Waals surface area contributed by atoms with Gasteiger partial charge in [0.2, 0.25) is 7.38 Å². The minimum atomic E-state index is -5.57. The molecule has 0 amide bonds. The largest absolute Gasteiger partial charge is 0.425 e. The van der Waals surface area contributed by atoms with Crippen molar-refractivity contribution in [3.63, 3.8) is 0 Å². The Labute approximate surface area is 76.6 Å². The first-order valence-corrected chi connectivity index (χ1v) is 7.19. The zero-order chi connectivity index (χ0) is 11.1. The summed E-state index contributed by atoms with van der Waals surface area (Å²) in [6, 6.07) is 0. The summed E-state index contributed by atoms with van der Waals surface area (Å²) in [5.41, 5.74) is -4.51. The van der Waals surface area contributed by atoms with Gasteiger partial charge in [-0.25, -0.2) is 13.2 Å². The highest BCUT2D eigenvalue weighted by Crippen LogP contribution is 2.41. The Balaban J connectivity index is 4.86. The van der Waals surface area contributed by atoms with Crippen LogP contribution in [0.1, 0.15) is 0 Å². The number of halogens is 7. The molecule has 0 aromatic heterocycles. The molecule has 0 aliphatic rings.